The second-order valence-corrected chi connectivity index (χ2v) is 6.83. The number of rotatable bonds is 7. The second kappa shape index (κ2) is 9.05. The van der Waals surface area contributed by atoms with Crippen molar-refractivity contribution in [1.82, 2.24) is 15.2 Å². The third-order valence-electron chi connectivity index (χ3n) is 3.94. The SMILES string of the molecule is CCSCCN1CCC(CNC(=O)c2cccnc2)CC1. The van der Waals surface area contributed by atoms with Crippen LogP contribution in [0.2, 0.25) is 0 Å². The molecule has 1 aliphatic heterocycles. The van der Waals surface area contributed by atoms with Crippen molar-refractivity contribution in [3.63, 3.8) is 0 Å². The molecule has 0 bridgehead atoms. The van der Waals surface area contributed by atoms with Crippen molar-refractivity contribution in [2.45, 2.75) is 19.8 Å². The lowest BCUT2D eigenvalue weighted by molar-refractivity contribution is 0.0936. The van der Waals surface area contributed by atoms with E-state index in [2.05, 4.69) is 22.1 Å². The molecule has 1 saturated heterocycles. The first-order valence-electron chi connectivity index (χ1n) is 7.78. The van der Waals surface area contributed by atoms with Crippen LogP contribution in [0.4, 0.5) is 0 Å². The maximum absolute atomic E-state index is 12.0. The Morgan fingerprint density at radius 2 is 2.29 bits per heavy atom. The fourth-order valence-electron chi connectivity index (χ4n) is 2.59. The van der Waals surface area contributed by atoms with Gasteiger partial charge in [-0.15, -0.1) is 0 Å². The van der Waals surface area contributed by atoms with Gasteiger partial charge in [0.15, 0.2) is 0 Å². The van der Waals surface area contributed by atoms with Crippen LogP contribution in [-0.4, -0.2) is 53.5 Å². The van der Waals surface area contributed by atoms with Crippen LogP contribution in [0.1, 0.15) is 30.1 Å². The lowest BCUT2D eigenvalue weighted by Gasteiger charge is -2.31. The first-order valence-corrected chi connectivity index (χ1v) is 8.93. The minimum absolute atomic E-state index is 0.00937. The van der Waals surface area contributed by atoms with Gasteiger partial charge in [-0.25, -0.2) is 0 Å². The van der Waals surface area contributed by atoms with E-state index >= 15 is 0 Å². The number of aromatic nitrogens is 1. The van der Waals surface area contributed by atoms with Gasteiger partial charge in [0.2, 0.25) is 0 Å². The molecule has 0 radical (unpaired) electrons. The number of amides is 1. The lowest BCUT2D eigenvalue weighted by atomic mass is 9.97. The lowest BCUT2D eigenvalue weighted by Crippen LogP contribution is -2.39. The fraction of sp³-hybridized carbons (Fsp3) is 0.625. The number of nitrogens with zero attached hydrogens (tertiary/aromatic N) is 2. The first kappa shape index (κ1) is 16.3. The number of hydrogen-bond acceptors (Lipinski definition) is 4. The summed E-state index contributed by atoms with van der Waals surface area (Å²) in [6.45, 7) is 6.52. The minimum Gasteiger partial charge on any atom is -0.352 e. The second-order valence-electron chi connectivity index (χ2n) is 5.43. The van der Waals surface area contributed by atoms with Crippen LogP contribution < -0.4 is 5.32 Å². The fourth-order valence-corrected chi connectivity index (χ4v) is 3.26. The molecule has 1 aromatic heterocycles. The molecule has 5 heteroatoms. The predicted molar refractivity (Wildman–Crippen MR) is 88.7 cm³/mol. The number of nitrogens with one attached hydrogen (secondary N) is 1. The molecule has 116 valence electrons. The normalized spacial score (nSPS) is 16.8. The smallest absolute Gasteiger partial charge is 0.252 e. The molecule has 2 heterocycles. The summed E-state index contributed by atoms with van der Waals surface area (Å²) in [5, 5.41) is 3.03. The average molecular weight is 307 g/mol. The van der Waals surface area contributed by atoms with Crippen LogP contribution in [0, 0.1) is 5.92 Å². The van der Waals surface area contributed by atoms with Crippen molar-refractivity contribution in [2.75, 3.05) is 37.7 Å². The van der Waals surface area contributed by atoms with Crippen molar-refractivity contribution in [3.8, 4) is 0 Å². The van der Waals surface area contributed by atoms with Crippen molar-refractivity contribution in [1.29, 1.82) is 0 Å². The molecule has 1 aromatic rings. The predicted octanol–water partition coefficient (Wildman–Crippen LogP) is 2.28. The van der Waals surface area contributed by atoms with Gasteiger partial charge in [0.1, 0.15) is 0 Å². The van der Waals surface area contributed by atoms with Crippen LogP contribution in [0.25, 0.3) is 0 Å². The third-order valence-corrected chi connectivity index (χ3v) is 4.82. The molecule has 0 unspecified atom stereocenters. The minimum atomic E-state index is -0.00937. The van der Waals surface area contributed by atoms with Gasteiger partial charge in [-0.05, 0) is 49.7 Å². The van der Waals surface area contributed by atoms with E-state index < -0.39 is 0 Å². The van der Waals surface area contributed by atoms with Gasteiger partial charge < -0.3 is 10.2 Å². The molecule has 1 aliphatic rings. The van der Waals surface area contributed by atoms with Crippen LogP contribution in [-0.2, 0) is 0 Å². The van der Waals surface area contributed by atoms with Crippen LogP contribution in [0.3, 0.4) is 0 Å². The highest BCUT2D eigenvalue weighted by molar-refractivity contribution is 7.99. The maximum Gasteiger partial charge on any atom is 0.252 e. The van der Waals surface area contributed by atoms with E-state index in [4.69, 9.17) is 0 Å². The van der Waals surface area contributed by atoms with E-state index in [0.717, 1.165) is 19.6 Å². The first-order chi connectivity index (χ1) is 10.3. The van der Waals surface area contributed by atoms with Gasteiger partial charge in [-0.1, -0.05) is 6.92 Å². The summed E-state index contributed by atoms with van der Waals surface area (Å²) in [7, 11) is 0. The monoisotopic (exact) mass is 307 g/mol. The Kier molecular flexibility index (Phi) is 7.03. The zero-order valence-electron chi connectivity index (χ0n) is 12.8. The van der Waals surface area contributed by atoms with E-state index in [9.17, 15) is 4.79 Å². The Morgan fingerprint density at radius 3 is 2.95 bits per heavy atom. The van der Waals surface area contributed by atoms with E-state index in [0.29, 0.717) is 11.5 Å². The van der Waals surface area contributed by atoms with Gasteiger partial charge >= 0.3 is 0 Å². The number of likely N-dealkylation sites (tertiary alicyclic amines) is 1. The quantitative estimate of drug-likeness (QED) is 0.785. The molecule has 1 amide bonds. The summed E-state index contributed by atoms with van der Waals surface area (Å²) in [5.74, 6) is 3.04. The molecule has 0 saturated carbocycles. The Labute approximate surface area is 131 Å². The summed E-state index contributed by atoms with van der Waals surface area (Å²) in [6, 6.07) is 3.60. The standard InChI is InChI=1S/C16H25N3OS/c1-2-21-11-10-19-8-5-14(6-9-19)12-18-16(20)15-4-3-7-17-13-15/h3-4,7,13-14H,2,5-6,8-12H2,1H3,(H,18,20). The van der Waals surface area contributed by atoms with Gasteiger partial charge in [-0.3, -0.25) is 9.78 Å². The highest BCUT2D eigenvalue weighted by Crippen LogP contribution is 2.17. The maximum atomic E-state index is 12.0. The van der Waals surface area contributed by atoms with Crippen molar-refractivity contribution >= 4 is 17.7 Å². The molecule has 0 atom stereocenters. The Morgan fingerprint density at radius 1 is 1.48 bits per heavy atom. The molecular weight excluding hydrogens is 282 g/mol. The summed E-state index contributed by atoms with van der Waals surface area (Å²) >= 11 is 2.01. The number of pyridine rings is 1. The van der Waals surface area contributed by atoms with E-state index in [1.54, 1.807) is 24.5 Å². The molecule has 0 aromatic carbocycles. The summed E-state index contributed by atoms with van der Waals surface area (Å²) < 4.78 is 0. The van der Waals surface area contributed by atoms with Crippen LogP contribution in [0.5, 0.6) is 0 Å². The molecular formula is C16H25N3OS. The molecule has 0 spiro atoms. The van der Waals surface area contributed by atoms with E-state index in [-0.39, 0.29) is 5.91 Å². The Bertz CT molecular complexity index is 419. The third kappa shape index (κ3) is 5.67. The Hall–Kier alpha value is -1.07. The molecule has 21 heavy (non-hydrogen) atoms. The average Bonchev–Trinajstić information content (AvgIpc) is 2.55. The summed E-state index contributed by atoms with van der Waals surface area (Å²) in [4.78, 5) is 18.5. The van der Waals surface area contributed by atoms with E-state index in [1.807, 2.05) is 11.8 Å². The number of hydrogen-bond donors (Lipinski definition) is 1. The van der Waals surface area contributed by atoms with E-state index in [1.165, 1.54) is 30.9 Å². The molecule has 0 aliphatic carbocycles. The van der Waals surface area contributed by atoms with Gasteiger partial charge in [-0.2, -0.15) is 11.8 Å². The molecule has 2 rings (SSSR count). The number of carbonyl (C=O) groups excluding carboxylic acids is 1. The zero-order valence-corrected chi connectivity index (χ0v) is 13.6. The summed E-state index contributed by atoms with van der Waals surface area (Å²) in [5.41, 5.74) is 0.645. The zero-order chi connectivity index (χ0) is 14.9. The van der Waals surface area contributed by atoms with Gasteiger partial charge in [0, 0.05) is 31.2 Å². The summed E-state index contributed by atoms with van der Waals surface area (Å²) in [6.07, 6.45) is 5.67. The number of thioether (sulfide) groups is 1. The van der Waals surface area contributed by atoms with Crippen LogP contribution in [0.15, 0.2) is 24.5 Å². The highest BCUT2D eigenvalue weighted by Gasteiger charge is 2.19. The largest absolute Gasteiger partial charge is 0.352 e. The van der Waals surface area contributed by atoms with Crippen molar-refractivity contribution in [3.05, 3.63) is 30.1 Å². The van der Waals surface area contributed by atoms with Crippen molar-refractivity contribution < 1.29 is 4.79 Å². The van der Waals surface area contributed by atoms with Crippen molar-refractivity contribution in [2.24, 2.45) is 5.92 Å². The highest BCUT2D eigenvalue weighted by atomic mass is 32.2. The molecule has 4 nitrogen and oxygen atoms in total. The molecule has 1 N–H and O–H groups in total. The number of carbonyl (C=O) groups is 1. The van der Waals surface area contributed by atoms with Gasteiger partial charge in [0.25, 0.3) is 5.91 Å². The Balaban J connectivity index is 1.64. The molecule has 1 fully saturated rings. The topological polar surface area (TPSA) is 45.2 Å². The van der Waals surface area contributed by atoms with Crippen LogP contribution >= 0.6 is 11.8 Å². The van der Waals surface area contributed by atoms with Gasteiger partial charge in [0.05, 0.1) is 5.56 Å². The number of piperidine rings is 1.